The molecular weight excluding hydrogens is 434 g/mol. The lowest BCUT2D eigenvalue weighted by atomic mass is 10.2. The van der Waals surface area contributed by atoms with Crippen molar-refractivity contribution in [2.45, 2.75) is 37.3 Å². The van der Waals surface area contributed by atoms with Crippen LogP contribution < -0.4 is 4.74 Å². The molecule has 1 aliphatic heterocycles. The van der Waals surface area contributed by atoms with E-state index in [4.69, 9.17) is 14.0 Å². The monoisotopic (exact) mass is 457 g/mol. The highest BCUT2D eigenvalue weighted by atomic mass is 32.2. The highest BCUT2D eigenvalue weighted by Crippen LogP contribution is 2.27. The predicted octanol–water partition coefficient (Wildman–Crippen LogP) is 2.95. The third-order valence-electron chi connectivity index (χ3n) is 5.24. The lowest BCUT2D eigenvalue weighted by molar-refractivity contribution is -0.149. The van der Waals surface area contributed by atoms with E-state index >= 15 is 0 Å². The van der Waals surface area contributed by atoms with E-state index in [2.05, 4.69) is 10.1 Å². The summed E-state index contributed by atoms with van der Waals surface area (Å²) in [5.74, 6) is 0.456. The van der Waals surface area contributed by atoms with Crippen LogP contribution in [0, 0.1) is 6.92 Å². The van der Waals surface area contributed by atoms with E-state index in [0.29, 0.717) is 30.0 Å². The molecule has 1 aliphatic rings. The molecule has 1 saturated heterocycles. The van der Waals surface area contributed by atoms with Crippen molar-refractivity contribution in [3.63, 3.8) is 0 Å². The molecule has 0 spiro atoms. The van der Waals surface area contributed by atoms with Crippen molar-refractivity contribution in [2.75, 3.05) is 13.7 Å². The summed E-state index contributed by atoms with van der Waals surface area (Å²) < 4.78 is 42.9. The van der Waals surface area contributed by atoms with Gasteiger partial charge in [-0.25, -0.2) is 8.42 Å². The number of aryl methyl sites for hydroxylation is 1. The van der Waals surface area contributed by atoms with Crippen LogP contribution in [-0.4, -0.2) is 48.5 Å². The minimum atomic E-state index is -3.80. The van der Waals surface area contributed by atoms with Crippen molar-refractivity contribution in [3.8, 4) is 17.1 Å². The zero-order chi connectivity index (χ0) is 22.7. The van der Waals surface area contributed by atoms with E-state index in [0.717, 1.165) is 5.56 Å². The van der Waals surface area contributed by atoms with Gasteiger partial charge in [-0.1, -0.05) is 35.0 Å². The highest BCUT2D eigenvalue weighted by Gasteiger charge is 2.40. The molecule has 168 valence electrons. The Bertz CT molecular complexity index is 1210. The van der Waals surface area contributed by atoms with Gasteiger partial charge < -0.3 is 14.0 Å². The summed E-state index contributed by atoms with van der Waals surface area (Å²) in [4.78, 5) is 17.1. The van der Waals surface area contributed by atoms with Gasteiger partial charge >= 0.3 is 5.97 Å². The summed E-state index contributed by atoms with van der Waals surface area (Å²) in [5, 5.41) is 3.90. The van der Waals surface area contributed by atoms with E-state index in [1.165, 1.54) is 4.31 Å². The van der Waals surface area contributed by atoms with Gasteiger partial charge in [-0.2, -0.15) is 9.29 Å². The smallest absolute Gasteiger partial charge is 0.324 e. The maximum Gasteiger partial charge on any atom is 0.324 e. The summed E-state index contributed by atoms with van der Waals surface area (Å²) in [6, 6.07) is 12.8. The fourth-order valence-electron chi connectivity index (χ4n) is 3.53. The highest BCUT2D eigenvalue weighted by molar-refractivity contribution is 7.89. The first-order valence-electron chi connectivity index (χ1n) is 10.1. The number of benzene rings is 2. The van der Waals surface area contributed by atoms with Crippen LogP contribution in [0.4, 0.5) is 0 Å². The molecule has 0 radical (unpaired) electrons. The van der Waals surface area contributed by atoms with Crippen molar-refractivity contribution in [3.05, 3.63) is 60.0 Å². The average molecular weight is 458 g/mol. The van der Waals surface area contributed by atoms with Gasteiger partial charge in [0.25, 0.3) is 5.89 Å². The van der Waals surface area contributed by atoms with E-state index in [1.54, 1.807) is 55.6 Å². The maximum absolute atomic E-state index is 13.0. The summed E-state index contributed by atoms with van der Waals surface area (Å²) in [6.07, 6.45) is 0.966. The Morgan fingerprint density at radius 2 is 2.00 bits per heavy atom. The zero-order valence-electron chi connectivity index (χ0n) is 17.7. The van der Waals surface area contributed by atoms with Gasteiger partial charge in [-0.15, -0.1) is 0 Å². The molecule has 0 unspecified atom stereocenters. The van der Waals surface area contributed by atoms with E-state index in [-0.39, 0.29) is 23.9 Å². The van der Waals surface area contributed by atoms with Crippen LogP contribution in [0.25, 0.3) is 11.4 Å². The van der Waals surface area contributed by atoms with Crippen molar-refractivity contribution >= 4 is 16.0 Å². The van der Waals surface area contributed by atoms with E-state index in [1.807, 2.05) is 6.92 Å². The summed E-state index contributed by atoms with van der Waals surface area (Å²) in [6.45, 7) is 1.89. The SMILES string of the molecule is COc1cccc(-c2noc(COC(=O)[C@@H]3CCCN3S(=O)(=O)c3ccc(C)cc3)n2)c1. The van der Waals surface area contributed by atoms with Crippen LogP contribution >= 0.6 is 0 Å². The van der Waals surface area contributed by atoms with Crippen LogP contribution in [-0.2, 0) is 26.2 Å². The summed E-state index contributed by atoms with van der Waals surface area (Å²) >= 11 is 0. The molecule has 0 saturated carbocycles. The third kappa shape index (κ3) is 4.51. The second kappa shape index (κ2) is 9.09. The van der Waals surface area contributed by atoms with Gasteiger partial charge in [0.05, 0.1) is 12.0 Å². The Labute approximate surface area is 186 Å². The number of carbonyl (C=O) groups is 1. The Balaban J connectivity index is 1.42. The number of rotatable bonds is 7. The normalized spacial score (nSPS) is 16.8. The molecule has 1 fully saturated rings. The third-order valence-corrected chi connectivity index (χ3v) is 7.16. The van der Waals surface area contributed by atoms with Gasteiger partial charge in [0.15, 0.2) is 6.61 Å². The molecule has 0 N–H and O–H groups in total. The fraction of sp³-hybridized carbons (Fsp3) is 0.318. The topological polar surface area (TPSA) is 112 Å². The Morgan fingerprint density at radius 1 is 1.22 bits per heavy atom. The van der Waals surface area contributed by atoms with Crippen molar-refractivity contribution in [1.82, 2.24) is 14.4 Å². The number of esters is 1. The van der Waals surface area contributed by atoms with E-state index in [9.17, 15) is 13.2 Å². The first kappa shape index (κ1) is 22.0. The number of hydrogen-bond donors (Lipinski definition) is 0. The number of carbonyl (C=O) groups excluding carboxylic acids is 1. The number of hydrogen-bond acceptors (Lipinski definition) is 8. The molecule has 3 aromatic rings. The summed E-state index contributed by atoms with van der Waals surface area (Å²) in [5.41, 5.74) is 1.64. The second-order valence-electron chi connectivity index (χ2n) is 7.44. The molecule has 4 rings (SSSR count). The zero-order valence-corrected chi connectivity index (χ0v) is 18.5. The molecular formula is C22H23N3O6S. The maximum atomic E-state index is 13.0. The molecule has 0 amide bonds. The van der Waals surface area contributed by atoms with Gasteiger partial charge in [-0.05, 0) is 44.0 Å². The second-order valence-corrected chi connectivity index (χ2v) is 9.33. The first-order chi connectivity index (χ1) is 15.4. The van der Waals surface area contributed by atoms with Gasteiger partial charge in [0, 0.05) is 12.1 Å². The van der Waals surface area contributed by atoms with Gasteiger partial charge in [0.2, 0.25) is 15.8 Å². The van der Waals surface area contributed by atoms with E-state index < -0.39 is 22.0 Å². The lowest BCUT2D eigenvalue weighted by Crippen LogP contribution is -2.41. The number of nitrogens with zero attached hydrogens (tertiary/aromatic N) is 3. The van der Waals surface area contributed by atoms with Gasteiger partial charge in [-0.3, -0.25) is 4.79 Å². The fourth-order valence-corrected chi connectivity index (χ4v) is 5.18. The quantitative estimate of drug-likeness (QED) is 0.498. The Kier molecular flexibility index (Phi) is 6.24. The molecule has 10 heteroatoms. The van der Waals surface area contributed by atoms with Crippen LogP contribution in [0.3, 0.4) is 0 Å². The minimum Gasteiger partial charge on any atom is -0.497 e. The van der Waals surface area contributed by atoms with Gasteiger partial charge in [0.1, 0.15) is 11.8 Å². The van der Waals surface area contributed by atoms with Crippen molar-refractivity contribution in [1.29, 1.82) is 0 Å². The number of aromatic nitrogens is 2. The lowest BCUT2D eigenvalue weighted by Gasteiger charge is -2.22. The minimum absolute atomic E-state index is 0.113. The molecule has 2 aromatic carbocycles. The molecule has 0 aliphatic carbocycles. The molecule has 2 heterocycles. The number of sulfonamides is 1. The van der Waals surface area contributed by atoms with Crippen molar-refractivity contribution in [2.24, 2.45) is 0 Å². The van der Waals surface area contributed by atoms with Crippen LogP contribution in [0.1, 0.15) is 24.3 Å². The first-order valence-corrected chi connectivity index (χ1v) is 11.5. The van der Waals surface area contributed by atoms with Crippen LogP contribution in [0.2, 0.25) is 0 Å². The molecule has 9 nitrogen and oxygen atoms in total. The Hall–Kier alpha value is -3.24. The molecule has 32 heavy (non-hydrogen) atoms. The number of methoxy groups -OCH3 is 1. The predicted molar refractivity (Wildman–Crippen MR) is 114 cm³/mol. The molecule has 1 atom stereocenters. The molecule has 1 aromatic heterocycles. The number of ether oxygens (including phenoxy) is 2. The van der Waals surface area contributed by atoms with Crippen LogP contribution in [0.5, 0.6) is 5.75 Å². The summed E-state index contributed by atoms with van der Waals surface area (Å²) in [7, 11) is -2.24. The van der Waals surface area contributed by atoms with Crippen LogP contribution in [0.15, 0.2) is 57.9 Å². The standard InChI is InChI=1S/C22H23N3O6S/c1-15-8-10-18(11-9-15)32(27,28)25-12-4-7-19(25)22(26)30-14-20-23-21(24-31-20)16-5-3-6-17(13-16)29-2/h3,5-6,8-11,13,19H,4,7,12,14H2,1-2H3/t19-/m0/s1. The molecule has 0 bridgehead atoms. The largest absolute Gasteiger partial charge is 0.497 e. The average Bonchev–Trinajstić information content (AvgIpc) is 3.48. The Morgan fingerprint density at radius 3 is 2.75 bits per heavy atom. The van der Waals surface area contributed by atoms with Crippen molar-refractivity contribution < 1.29 is 27.2 Å².